The number of benzene rings is 2. The first-order valence-electron chi connectivity index (χ1n) is 11.0. The predicted molar refractivity (Wildman–Crippen MR) is 131 cm³/mol. The Hall–Kier alpha value is -4.72. The maximum atomic E-state index is 14.0. The molecular formula is C24H21F4N7O3. The number of carbonyl (C=O) groups excluding carboxylic acids is 2. The van der Waals surface area contributed by atoms with Gasteiger partial charge >= 0.3 is 12.2 Å². The molecule has 0 fully saturated rings. The molecule has 0 saturated heterocycles. The lowest BCUT2D eigenvalue weighted by Crippen LogP contribution is -2.27. The molecule has 14 heteroatoms. The highest BCUT2D eigenvalue weighted by Crippen LogP contribution is 2.34. The van der Waals surface area contributed by atoms with Gasteiger partial charge in [-0.05, 0) is 35.9 Å². The fraction of sp³-hybridized carbons (Fsp3) is 0.167. The Labute approximate surface area is 212 Å². The minimum absolute atomic E-state index is 0.135. The quantitative estimate of drug-likeness (QED) is 0.209. The lowest BCUT2D eigenvalue weighted by atomic mass is 10.0. The highest BCUT2D eigenvalue weighted by Gasteiger charge is 2.31. The molecule has 2 aromatic heterocycles. The summed E-state index contributed by atoms with van der Waals surface area (Å²) in [5, 5.41) is 11.3. The number of fused-ring (bicyclic) bond motifs is 1. The number of ether oxygens (including phenoxy) is 1. The van der Waals surface area contributed by atoms with Crippen molar-refractivity contribution in [2.75, 3.05) is 36.6 Å². The minimum Gasteiger partial charge on any atom is -0.383 e. The summed E-state index contributed by atoms with van der Waals surface area (Å²) >= 11 is 0. The van der Waals surface area contributed by atoms with Crippen molar-refractivity contribution in [2.24, 2.45) is 0 Å². The van der Waals surface area contributed by atoms with Crippen LogP contribution in [0.25, 0.3) is 16.6 Å². The molecule has 3 amide bonds. The molecule has 4 rings (SSSR count). The Balaban J connectivity index is 1.57. The lowest BCUT2D eigenvalue weighted by Gasteiger charge is -2.12. The van der Waals surface area contributed by atoms with Gasteiger partial charge in [0.05, 0.1) is 23.4 Å². The molecule has 2 aromatic carbocycles. The molecular weight excluding hydrogens is 510 g/mol. The number of rotatable bonds is 7. The lowest BCUT2D eigenvalue weighted by molar-refractivity contribution is -0.137. The SMILES string of the molecule is COCCNC(=O)c1cn2ncnc(N)c2c1-c1ccc(NC(=O)Nc2cc(C(F)(F)F)ccc2F)cc1. The van der Waals surface area contributed by atoms with E-state index in [4.69, 9.17) is 10.5 Å². The van der Waals surface area contributed by atoms with Crippen molar-refractivity contribution in [1.29, 1.82) is 0 Å². The Bertz CT molecular complexity index is 1490. The van der Waals surface area contributed by atoms with E-state index in [1.807, 2.05) is 0 Å². The molecule has 10 nitrogen and oxygen atoms in total. The van der Waals surface area contributed by atoms with E-state index in [0.717, 1.165) is 0 Å². The van der Waals surface area contributed by atoms with Crippen molar-refractivity contribution in [2.45, 2.75) is 6.18 Å². The van der Waals surface area contributed by atoms with Crippen LogP contribution in [-0.2, 0) is 10.9 Å². The number of hydrogen-bond acceptors (Lipinski definition) is 6. The average Bonchev–Trinajstić information content (AvgIpc) is 3.26. The van der Waals surface area contributed by atoms with Crippen LogP contribution >= 0.6 is 0 Å². The van der Waals surface area contributed by atoms with Crippen molar-refractivity contribution in [1.82, 2.24) is 19.9 Å². The Morgan fingerprint density at radius 2 is 1.84 bits per heavy atom. The van der Waals surface area contributed by atoms with E-state index in [1.165, 1.54) is 36.3 Å². The second-order valence-corrected chi connectivity index (χ2v) is 7.95. The molecule has 0 unspecified atom stereocenters. The summed E-state index contributed by atoms with van der Waals surface area (Å²) in [7, 11) is 1.51. The van der Waals surface area contributed by atoms with Gasteiger partial charge in [-0.1, -0.05) is 12.1 Å². The summed E-state index contributed by atoms with van der Waals surface area (Å²) in [5.41, 5.74) is 6.22. The molecule has 0 radical (unpaired) electrons. The van der Waals surface area contributed by atoms with Crippen LogP contribution in [0.5, 0.6) is 0 Å². The molecule has 0 saturated carbocycles. The summed E-state index contributed by atoms with van der Waals surface area (Å²) in [6.07, 6.45) is -1.95. The Morgan fingerprint density at radius 3 is 2.53 bits per heavy atom. The smallest absolute Gasteiger partial charge is 0.383 e. The van der Waals surface area contributed by atoms with E-state index in [2.05, 4.69) is 26.0 Å². The number of methoxy groups -OCH3 is 1. The number of nitrogens with two attached hydrogens (primary N) is 1. The number of urea groups is 1. The number of nitrogen functional groups attached to an aromatic ring is 1. The number of aromatic nitrogens is 3. The van der Waals surface area contributed by atoms with E-state index in [-0.39, 0.29) is 23.6 Å². The van der Waals surface area contributed by atoms with Gasteiger partial charge in [-0.3, -0.25) is 4.79 Å². The maximum absolute atomic E-state index is 14.0. The normalized spacial score (nSPS) is 11.4. The molecule has 0 bridgehead atoms. The minimum atomic E-state index is -4.70. The van der Waals surface area contributed by atoms with Gasteiger partial charge in [0, 0.05) is 31.1 Å². The molecule has 0 aliphatic rings. The van der Waals surface area contributed by atoms with Crippen LogP contribution in [0.1, 0.15) is 15.9 Å². The maximum Gasteiger partial charge on any atom is 0.416 e. The second kappa shape index (κ2) is 10.7. The molecule has 0 aliphatic carbocycles. The van der Waals surface area contributed by atoms with Gasteiger partial charge in [-0.2, -0.15) is 18.3 Å². The van der Waals surface area contributed by atoms with Crippen molar-refractivity contribution in [3.8, 4) is 11.1 Å². The van der Waals surface area contributed by atoms with Crippen molar-refractivity contribution in [3.63, 3.8) is 0 Å². The number of alkyl halides is 3. The third-order valence-electron chi connectivity index (χ3n) is 5.41. The standard InChI is InChI=1S/C24H21F4N7O3/c1-38-9-8-30-22(36)16-11-35-20(21(29)31-12-32-35)19(16)13-2-5-15(6-3-13)33-23(37)34-18-10-14(24(26,27)28)4-7-17(18)25/h2-7,10-12H,8-9H2,1H3,(H,30,36)(H2,29,31,32)(H2,33,34,37). The molecule has 0 atom stereocenters. The number of amides is 3. The molecule has 198 valence electrons. The molecule has 4 aromatic rings. The van der Waals surface area contributed by atoms with Crippen LogP contribution in [0.2, 0.25) is 0 Å². The van der Waals surface area contributed by atoms with E-state index in [1.54, 1.807) is 12.1 Å². The van der Waals surface area contributed by atoms with E-state index >= 15 is 0 Å². The summed E-state index contributed by atoms with van der Waals surface area (Å²) in [6, 6.07) is 6.91. The zero-order chi connectivity index (χ0) is 27.4. The van der Waals surface area contributed by atoms with E-state index in [9.17, 15) is 27.2 Å². The van der Waals surface area contributed by atoms with Gasteiger partial charge in [-0.25, -0.2) is 18.7 Å². The van der Waals surface area contributed by atoms with Crippen LogP contribution in [-0.4, -0.2) is 46.8 Å². The van der Waals surface area contributed by atoms with E-state index in [0.29, 0.717) is 41.4 Å². The Kier molecular flexibility index (Phi) is 7.43. The molecule has 0 aliphatic heterocycles. The number of nitrogens with zero attached hydrogens (tertiary/aromatic N) is 3. The first-order chi connectivity index (χ1) is 18.1. The zero-order valence-corrected chi connectivity index (χ0v) is 19.8. The zero-order valence-electron chi connectivity index (χ0n) is 19.8. The average molecular weight is 531 g/mol. The fourth-order valence-electron chi connectivity index (χ4n) is 3.66. The van der Waals surface area contributed by atoms with E-state index < -0.39 is 35.2 Å². The van der Waals surface area contributed by atoms with Crippen LogP contribution < -0.4 is 21.7 Å². The molecule has 5 N–H and O–H groups in total. The summed E-state index contributed by atoms with van der Waals surface area (Å²) in [4.78, 5) is 29.2. The van der Waals surface area contributed by atoms with Gasteiger partial charge < -0.3 is 26.4 Å². The third kappa shape index (κ3) is 5.64. The first kappa shape index (κ1) is 26.3. The molecule has 38 heavy (non-hydrogen) atoms. The number of nitrogens with one attached hydrogen (secondary N) is 3. The van der Waals surface area contributed by atoms with Gasteiger partial charge in [0.15, 0.2) is 5.82 Å². The first-order valence-corrected chi connectivity index (χ1v) is 11.0. The largest absolute Gasteiger partial charge is 0.416 e. The monoisotopic (exact) mass is 531 g/mol. The number of anilines is 3. The van der Waals surface area contributed by atoms with Crippen LogP contribution in [0.15, 0.2) is 55.0 Å². The van der Waals surface area contributed by atoms with Crippen LogP contribution in [0, 0.1) is 5.82 Å². The number of halogens is 4. The van der Waals surface area contributed by atoms with Crippen LogP contribution in [0.3, 0.4) is 0 Å². The topological polar surface area (TPSA) is 136 Å². The highest BCUT2D eigenvalue weighted by atomic mass is 19.4. The molecule has 0 spiro atoms. The van der Waals surface area contributed by atoms with Crippen molar-refractivity contribution >= 4 is 34.6 Å². The van der Waals surface area contributed by atoms with Crippen molar-refractivity contribution < 1.29 is 31.9 Å². The number of carbonyl (C=O) groups is 2. The second-order valence-electron chi connectivity index (χ2n) is 7.95. The van der Waals surface area contributed by atoms with Gasteiger partial charge in [0.25, 0.3) is 5.91 Å². The summed E-state index contributed by atoms with van der Waals surface area (Å²) in [5.74, 6) is -1.29. The summed E-state index contributed by atoms with van der Waals surface area (Å²) in [6.45, 7) is 0.579. The summed E-state index contributed by atoms with van der Waals surface area (Å²) < 4.78 is 59.1. The van der Waals surface area contributed by atoms with Gasteiger partial charge in [0.2, 0.25) is 0 Å². The van der Waals surface area contributed by atoms with Crippen LogP contribution in [0.4, 0.5) is 39.5 Å². The highest BCUT2D eigenvalue weighted by molar-refractivity contribution is 6.07. The predicted octanol–water partition coefficient (Wildman–Crippen LogP) is 4.16. The molecule has 2 heterocycles. The Morgan fingerprint density at radius 1 is 1.11 bits per heavy atom. The van der Waals surface area contributed by atoms with Gasteiger partial charge in [0.1, 0.15) is 17.7 Å². The number of hydrogen-bond donors (Lipinski definition) is 4. The third-order valence-corrected chi connectivity index (χ3v) is 5.41. The van der Waals surface area contributed by atoms with Crippen molar-refractivity contribution in [3.05, 3.63) is 71.9 Å². The fourth-order valence-corrected chi connectivity index (χ4v) is 3.66. The van der Waals surface area contributed by atoms with Gasteiger partial charge in [-0.15, -0.1) is 0 Å².